The predicted octanol–water partition coefficient (Wildman–Crippen LogP) is 6.41. The molecule has 4 aromatic rings. The topological polar surface area (TPSA) is 135 Å². The number of fused-ring (bicyclic) bond motifs is 1. The van der Waals surface area contributed by atoms with Gasteiger partial charge in [-0.05, 0) is 55.5 Å². The van der Waals surface area contributed by atoms with E-state index in [9.17, 15) is 22.8 Å². The first-order valence-electron chi connectivity index (χ1n) is 15.7. The predicted molar refractivity (Wildman–Crippen MR) is 179 cm³/mol. The summed E-state index contributed by atoms with van der Waals surface area (Å²) < 4.78 is 52.8. The number of carbonyl (C=O) groups is 2. The number of thiophene rings is 1. The van der Waals surface area contributed by atoms with Gasteiger partial charge in [0.15, 0.2) is 0 Å². The number of nitrogens with zero attached hydrogens (tertiary/aromatic N) is 4. The zero-order chi connectivity index (χ0) is 33.8. The van der Waals surface area contributed by atoms with Crippen LogP contribution >= 0.6 is 11.3 Å². The summed E-state index contributed by atoms with van der Waals surface area (Å²) in [6.45, 7) is 1.86. The van der Waals surface area contributed by atoms with Crippen LogP contribution in [0.5, 0.6) is 5.75 Å². The average Bonchev–Trinajstić information content (AvgIpc) is 3.45. The second-order valence-corrected chi connectivity index (χ2v) is 12.9. The lowest BCUT2D eigenvalue weighted by Gasteiger charge is -2.39. The van der Waals surface area contributed by atoms with Gasteiger partial charge in [0.1, 0.15) is 22.4 Å². The van der Waals surface area contributed by atoms with Gasteiger partial charge in [-0.1, -0.05) is 12.1 Å². The number of aromatic nitrogens is 2. The van der Waals surface area contributed by atoms with Gasteiger partial charge in [-0.2, -0.15) is 13.2 Å². The number of primary amides is 1. The molecule has 15 heteroatoms. The second-order valence-electron chi connectivity index (χ2n) is 11.9. The number of hydrogen-bond acceptors (Lipinski definition) is 10. The number of nitrogens with one attached hydrogen (secondary N) is 2. The smallest absolute Gasteiger partial charge is 0.404 e. The highest BCUT2D eigenvalue weighted by molar-refractivity contribution is 7.23. The van der Waals surface area contributed by atoms with E-state index in [1.807, 2.05) is 30.3 Å². The highest BCUT2D eigenvalue weighted by Crippen LogP contribution is 2.40. The Labute approximate surface area is 279 Å². The number of amides is 2. The number of carbonyl (C=O) groups excluding carboxylic acids is 2. The molecule has 2 aliphatic rings. The third-order valence-corrected chi connectivity index (χ3v) is 9.70. The Morgan fingerprint density at radius 1 is 1.06 bits per heavy atom. The van der Waals surface area contributed by atoms with Gasteiger partial charge in [-0.15, -0.1) is 11.3 Å². The molecule has 2 saturated heterocycles. The molecule has 0 bridgehead atoms. The number of alkyl halides is 3. The summed E-state index contributed by atoms with van der Waals surface area (Å²) in [6, 6.07) is 11.1. The maximum absolute atomic E-state index is 14.1. The van der Waals surface area contributed by atoms with E-state index in [4.69, 9.17) is 20.2 Å². The molecule has 0 unspecified atom stereocenters. The van der Waals surface area contributed by atoms with Crippen LogP contribution in [0.3, 0.4) is 0 Å². The van der Waals surface area contributed by atoms with Crippen LogP contribution in [-0.4, -0.2) is 67.5 Å². The van der Waals surface area contributed by atoms with Crippen molar-refractivity contribution in [2.45, 2.75) is 44.5 Å². The molecule has 11 nitrogen and oxygen atoms in total. The number of rotatable bonds is 9. The fourth-order valence-corrected chi connectivity index (χ4v) is 7.32. The van der Waals surface area contributed by atoms with Crippen molar-refractivity contribution in [3.05, 3.63) is 66.1 Å². The molecule has 3 aromatic heterocycles. The summed E-state index contributed by atoms with van der Waals surface area (Å²) in [4.78, 5) is 38.2. The second kappa shape index (κ2) is 14.1. The van der Waals surface area contributed by atoms with Crippen molar-refractivity contribution in [1.82, 2.24) is 9.97 Å². The first-order valence-corrected chi connectivity index (χ1v) is 16.5. The van der Waals surface area contributed by atoms with E-state index in [1.165, 1.54) is 41.1 Å². The minimum absolute atomic E-state index is 0.0424. The van der Waals surface area contributed by atoms with Crippen molar-refractivity contribution in [3.8, 4) is 5.75 Å². The van der Waals surface area contributed by atoms with Gasteiger partial charge < -0.3 is 35.6 Å². The lowest BCUT2D eigenvalue weighted by atomic mass is 9.94. The minimum Gasteiger partial charge on any atom is -0.497 e. The summed E-state index contributed by atoms with van der Waals surface area (Å²) >= 11 is 1.41. The molecule has 254 valence electrons. The zero-order valence-electron chi connectivity index (χ0n) is 26.3. The molecule has 0 radical (unpaired) electrons. The Morgan fingerprint density at radius 2 is 1.83 bits per heavy atom. The fraction of sp³-hybridized carbons (Fsp3) is 0.394. The van der Waals surface area contributed by atoms with E-state index < -0.39 is 43.2 Å². The first-order chi connectivity index (χ1) is 23.1. The largest absolute Gasteiger partial charge is 0.497 e. The van der Waals surface area contributed by atoms with Crippen molar-refractivity contribution < 1.29 is 32.2 Å². The van der Waals surface area contributed by atoms with Gasteiger partial charge in [0, 0.05) is 32.4 Å². The maximum atomic E-state index is 14.1. The molecule has 5 heterocycles. The molecule has 4 N–H and O–H groups in total. The number of ether oxygens (including phenoxy) is 2. The van der Waals surface area contributed by atoms with Gasteiger partial charge in [0.25, 0.3) is 5.91 Å². The SMILES string of the molecule is COc1ccc(CNc2sc3cc(N4CCCCC4)cnc3c2C(=O)Nc2cnccc2N2C[C@@H](OC(N)=O)C[C@@H](C(F)(F)F)C2)cc1. The number of halogens is 3. The minimum atomic E-state index is -4.53. The Morgan fingerprint density at radius 3 is 2.54 bits per heavy atom. The Balaban J connectivity index is 1.31. The monoisotopic (exact) mass is 683 g/mol. The number of pyridine rings is 2. The number of methoxy groups -OCH3 is 1. The maximum Gasteiger partial charge on any atom is 0.404 e. The molecular weight excluding hydrogens is 647 g/mol. The first kappa shape index (κ1) is 33.1. The number of benzene rings is 1. The number of hydrogen-bond donors (Lipinski definition) is 3. The Hall–Kier alpha value is -4.79. The summed E-state index contributed by atoms with van der Waals surface area (Å²) in [7, 11) is 1.60. The highest BCUT2D eigenvalue weighted by atomic mass is 32.1. The summed E-state index contributed by atoms with van der Waals surface area (Å²) in [5.74, 6) is -1.55. The molecule has 48 heavy (non-hydrogen) atoms. The van der Waals surface area contributed by atoms with Crippen molar-refractivity contribution in [1.29, 1.82) is 0 Å². The molecular formula is C33H36F3N7O4S. The standard InChI is InChI=1S/C33H36F3N7O4S/c1-46-23-7-5-20(6-8-23)15-40-31-28(29-27(48-31)14-22(16-39-29)42-11-3-2-4-12-42)30(44)41-25-17-38-10-9-26(25)43-18-21(33(34,35)36)13-24(19-43)47-32(37)45/h5-10,14,16-17,21,24,40H,2-4,11-13,15,18-19H2,1H3,(H2,37,45)(H,41,44)/t21-,24+/m1/s1. The Bertz CT molecular complexity index is 1760. The van der Waals surface area contributed by atoms with Gasteiger partial charge in [-0.25, -0.2) is 4.79 Å². The molecule has 6 rings (SSSR count). The van der Waals surface area contributed by atoms with Crippen LogP contribution in [0.2, 0.25) is 0 Å². The molecule has 0 aliphatic carbocycles. The van der Waals surface area contributed by atoms with Crippen LogP contribution in [0, 0.1) is 5.92 Å². The van der Waals surface area contributed by atoms with Crippen molar-refractivity contribution in [2.24, 2.45) is 11.7 Å². The van der Waals surface area contributed by atoms with E-state index in [-0.39, 0.29) is 12.2 Å². The van der Waals surface area contributed by atoms with Gasteiger partial charge in [-0.3, -0.25) is 14.8 Å². The van der Waals surface area contributed by atoms with Crippen molar-refractivity contribution >= 4 is 55.6 Å². The van der Waals surface area contributed by atoms with Crippen molar-refractivity contribution in [2.75, 3.05) is 53.7 Å². The van der Waals surface area contributed by atoms with Gasteiger partial charge >= 0.3 is 12.3 Å². The molecule has 0 saturated carbocycles. The lowest BCUT2D eigenvalue weighted by molar-refractivity contribution is -0.182. The van der Waals surface area contributed by atoms with E-state index >= 15 is 0 Å². The van der Waals surface area contributed by atoms with Crippen LogP contribution in [0.1, 0.15) is 41.6 Å². The molecule has 2 fully saturated rings. The van der Waals surface area contributed by atoms with Crippen LogP contribution in [0.15, 0.2) is 55.0 Å². The summed E-state index contributed by atoms with van der Waals surface area (Å²) in [6.07, 6.45) is 0.809. The Kier molecular flexibility index (Phi) is 9.76. The third kappa shape index (κ3) is 7.51. The van der Waals surface area contributed by atoms with E-state index in [1.54, 1.807) is 13.3 Å². The van der Waals surface area contributed by atoms with Crippen LogP contribution in [0.25, 0.3) is 10.2 Å². The number of anilines is 4. The van der Waals surface area contributed by atoms with E-state index in [2.05, 4.69) is 20.5 Å². The molecule has 2 aliphatic heterocycles. The zero-order valence-corrected chi connectivity index (χ0v) is 27.1. The van der Waals surface area contributed by atoms with E-state index in [0.717, 1.165) is 47.6 Å². The normalized spacial score (nSPS) is 18.4. The van der Waals surface area contributed by atoms with Gasteiger partial charge in [0.2, 0.25) is 0 Å². The van der Waals surface area contributed by atoms with Crippen molar-refractivity contribution in [3.63, 3.8) is 0 Å². The number of nitrogens with two attached hydrogens (primary N) is 1. The highest BCUT2D eigenvalue weighted by Gasteiger charge is 2.46. The lowest BCUT2D eigenvalue weighted by Crippen LogP contribution is -2.49. The summed E-state index contributed by atoms with van der Waals surface area (Å²) in [5, 5.41) is 6.88. The number of piperidine rings is 2. The molecule has 2 atom stereocenters. The van der Waals surface area contributed by atoms with Crippen LogP contribution < -0.4 is 30.9 Å². The summed E-state index contributed by atoms with van der Waals surface area (Å²) in [5.41, 5.74) is 8.43. The molecule has 1 aromatic carbocycles. The van der Waals surface area contributed by atoms with Gasteiger partial charge in [0.05, 0.1) is 59.2 Å². The fourth-order valence-electron chi connectivity index (χ4n) is 6.23. The molecule has 0 spiro atoms. The van der Waals surface area contributed by atoms with Crippen LogP contribution in [0.4, 0.5) is 40.0 Å². The third-order valence-electron chi connectivity index (χ3n) is 8.62. The average molecular weight is 684 g/mol. The molecule has 2 amide bonds. The van der Waals surface area contributed by atoms with Crippen LogP contribution in [-0.2, 0) is 11.3 Å². The van der Waals surface area contributed by atoms with E-state index in [0.29, 0.717) is 28.3 Å². The quantitative estimate of drug-likeness (QED) is 0.183.